The van der Waals surface area contributed by atoms with Crippen molar-refractivity contribution in [3.05, 3.63) is 30.1 Å². The van der Waals surface area contributed by atoms with Crippen LogP contribution in [-0.4, -0.2) is 48.2 Å². The molecule has 1 aromatic carbocycles. The lowest BCUT2D eigenvalue weighted by molar-refractivity contribution is -0.120. The molecule has 1 aliphatic rings. The number of amides is 1. The molecule has 0 aliphatic carbocycles. The summed E-state index contributed by atoms with van der Waals surface area (Å²) >= 11 is 0. The van der Waals surface area contributed by atoms with Crippen LogP contribution in [0.15, 0.2) is 24.3 Å². The van der Waals surface area contributed by atoms with E-state index in [-0.39, 0.29) is 24.4 Å². The van der Waals surface area contributed by atoms with Gasteiger partial charge in [-0.25, -0.2) is 4.39 Å². The van der Waals surface area contributed by atoms with Gasteiger partial charge in [0.05, 0.1) is 13.2 Å². The molecule has 1 saturated heterocycles. The normalized spacial score (nSPS) is 22.5. The molecule has 2 rings (SSSR count). The molecule has 1 fully saturated rings. The Morgan fingerprint density at radius 2 is 2.10 bits per heavy atom. The second-order valence-corrected chi connectivity index (χ2v) is 5.60. The maximum atomic E-state index is 13.0. The van der Waals surface area contributed by atoms with Crippen LogP contribution in [0.2, 0.25) is 0 Å². The molecule has 1 N–H and O–H groups in total. The van der Waals surface area contributed by atoms with Crippen LogP contribution in [0.3, 0.4) is 0 Å². The Morgan fingerprint density at radius 1 is 1.43 bits per heavy atom. The Balaban J connectivity index is 2.05. The van der Waals surface area contributed by atoms with Crippen molar-refractivity contribution in [2.75, 3.05) is 31.1 Å². The lowest BCUT2D eigenvalue weighted by Crippen LogP contribution is -2.44. The summed E-state index contributed by atoms with van der Waals surface area (Å²) in [5.41, 5.74) is 0.705. The molecule has 4 nitrogen and oxygen atoms in total. The quantitative estimate of drug-likeness (QED) is 0.902. The molecule has 2 atom stereocenters. The first kappa shape index (κ1) is 15.9. The highest BCUT2D eigenvalue weighted by atomic mass is 19.1. The largest absolute Gasteiger partial charge is 0.395 e. The van der Waals surface area contributed by atoms with E-state index < -0.39 is 0 Å². The predicted octanol–water partition coefficient (Wildman–Crippen LogP) is 1.88. The van der Waals surface area contributed by atoms with Crippen LogP contribution in [0, 0.1) is 11.7 Å². The number of likely N-dealkylation sites (N-methyl/N-ethyl adjacent to an activating group) is 1. The van der Waals surface area contributed by atoms with Gasteiger partial charge in [-0.05, 0) is 50.1 Å². The summed E-state index contributed by atoms with van der Waals surface area (Å²) in [4.78, 5) is 16.2. The Kier molecular flexibility index (Phi) is 5.31. The molecule has 5 heteroatoms. The van der Waals surface area contributed by atoms with Gasteiger partial charge >= 0.3 is 0 Å². The molecule has 1 amide bonds. The molecule has 0 spiro atoms. The summed E-state index contributed by atoms with van der Waals surface area (Å²) in [6.07, 6.45) is 1.00. The van der Waals surface area contributed by atoms with Crippen LogP contribution in [0.1, 0.15) is 20.3 Å². The third kappa shape index (κ3) is 3.60. The topological polar surface area (TPSA) is 43.8 Å². The average Bonchev–Trinajstić information content (AvgIpc) is 2.82. The van der Waals surface area contributed by atoms with Gasteiger partial charge in [0.2, 0.25) is 5.91 Å². The second kappa shape index (κ2) is 7.00. The first-order valence-electron chi connectivity index (χ1n) is 7.47. The fourth-order valence-electron chi connectivity index (χ4n) is 2.96. The van der Waals surface area contributed by atoms with E-state index >= 15 is 0 Å². The number of halogens is 1. The lowest BCUT2D eigenvalue weighted by atomic mass is 10.0. The minimum absolute atomic E-state index is 0.0170. The van der Waals surface area contributed by atoms with Crippen LogP contribution in [0.25, 0.3) is 0 Å². The van der Waals surface area contributed by atoms with Crippen molar-refractivity contribution in [3.63, 3.8) is 0 Å². The average molecular weight is 294 g/mol. The van der Waals surface area contributed by atoms with Crippen molar-refractivity contribution < 1.29 is 14.3 Å². The maximum absolute atomic E-state index is 13.0. The molecule has 0 aromatic heterocycles. The molecule has 0 saturated carbocycles. The van der Waals surface area contributed by atoms with Crippen molar-refractivity contribution >= 4 is 11.6 Å². The van der Waals surface area contributed by atoms with Crippen LogP contribution >= 0.6 is 0 Å². The van der Waals surface area contributed by atoms with E-state index in [0.717, 1.165) is 13.0 Å². The van der Waals surface area contributed by atoms with Gasteiger partial charge in [-0.2, -0.15) is 0 Å². The van der Waals surface area contributed by atoms with Gasteiger partial charge in [0, 0.05) is 18.3 Å². The van der Waals surface area contributed by atoms with E-state index in [9.17, 15) is 14.3 Å². The van der Waals surface area contributed by atoms with E-state index in [2.05, 4.69) is 6.92 Å². The van der Waals surface area contributed by atoms with Gasteiger partial charge in [0.15, 0.2) is 0 Å². The molecule has 1 aliphatic heterocycles. The third-order valence-corrected chi connectivity index (χ3v) is 4.28. The van der Waals surface area contributed by atoms with Gasteiger partial charge in [-0.3, -0.25) is 9.69 Å². The Bertz CT molecular complexity index is 478. The summed E-state index contributed by atoms with van der Waals surface area (Å²) in [6, 6.07) is 6.01. The van der Waals surface area contributed by atoms with E-state index in [1.165, 1.54) is 12.1 Å². The molecule has 21 heavy (non-hydrogen) atoms. The van der Waals surface area contributed by atoms with E-state index in [4.69, 9.17) is 0 Å². The monoisotopic (exact) mass is 294 g/mol. The van der Waals surface area contributed by atoms with Crippen molar-refractivity contribution in [2.45, 2.75) is 26.3 Å². The number of hydrogen-bond acceptors (Lipinski definition) is 3. The Hall–Kier alpha value is -1.46. The van der Waals surface area contributed by atoms with E-state index in [1.54, 1.807) is 17.0 Å². The predicted molar refractivity (Wildman–Crippen MR) is 80.7 cm³/mol. The summed E-state index contributed by atoms with van der Waals surface area (Å²) in [7, 11) is 0. The van der Waals surface area contributed by atoms with Gasteiger partial charge in [0.25, 0.3) is 0 Å². The number of aliphatic hydroxyl groups excluding tert-OH is 1. The summed E-state index contributed by atoms with van der Waals surface area (Å²) in [5.74, 6) is 0.0799. The highest BCUT2D eigenvalue weighted by Crippen LogP contribution is 2.24. The van der Waals surface area contributed by atoms with Gasteiger partial charge in [-0.15, -0.1) is 0 Å². The zero-order chi connectivity index (χ0) is 15.4. The number of hydrogen-bond donors (Lipinski definition) is 1. The smallest absolute Gasteiger partial charge is 0.241 e. The molecule has 0 radical (unpaired) electrons. The zero-order valence-corrected chi connectivity index (χ0v) is 12.6. The van der Waals surface area contributed by atoms with Crippen molar-refractivity contribution in [3.8, 4) is 0 Å². The standard InChI is InChI=1S/C16H23FN2O2/c1-3-19(14-6-4-13(17)5-7-14)16(21)10-18-9-8-12(2)15(18)11-20/h4-7,12,15,20H,3,8-11H2,1-2H3. The Morgan fingerprint density at radius 3 is 2.67 bits per heavy atom. The number of benzene rings is 1. The van der Waals surface area contributed by atoms with Gasteiger partial charge in [0.1, 0.15) is 5.82 Å². The lowest BCUT2D eigenvalue weighted by Gasteiger charge is -2.28. The maximum Gasteiger partial charge on any atom is 0.241 e. The van der Waals surface area contributed by atoms with Crippen LogP contribution in [0.4, 0.5) is 10.1 Å². The second-order valence-electron chi connectivity index (χ2n) is 5.60. The van der Waals surface area contributed by atoms with Gasteiger partial charge in [-0.1, -0.05) is 6.92 Å². The van der Waals surface area contributed by atoms with Crippen LogP contribution in [0.5, 0.6) is 0 Å². The highest BCUT2D eigenvalue weighted by molar-refractivity contribution is 5.94. The highest BCUT2D eigenvalue weighted by Gasteiger charge is 2.32. The van der Waals surface area contributed by atoms with E-state index in [0.29, 0.717) is 24.7 Å². The summed E-state index contributed by atoms with van der Waals surface area (Å²) in [5, 5.41) is 9.45. The third-order valence-electron chi connectivity index (χ3n) is 4.28. The number of likely N-dealkylation sites (tertiary alicyclic amines) is 1. The molecule has 116 valence electrons. The minimum atomic E-state index is -0.309. The number of aliphatic hydroxyl groups is 1. The number of rotatable bonds is 5. The minimum Gasteiger partial charge on any atom is -0.395 e. The Labute approximate surface area is 125 Å². The fraction of sp³-hybridized carbons (Fsp3) is 0.562. The number of carbonyl (C=O) groups is 1. The van der Waals surface area contributed by atoms with E-state index in [1.807, 2.05) is 11.8 Å². The number of nitrogens with zero attached hydrogens (tertiary/aromatic N) is 2. The molecule has 1 heterocycles. The van der Waals surface area contributed by atoms with Gasteiger partial charge < -0.3 is 10.0 Å². The zero-order valence-electron chi connectivity index (χ0n) is 12.6. The fourth-order valence-corrected chi connectivity index (χ4v) is 2.96. The summed E-state index contributed by atoms with van der Waals surface area (Å²) in [6.45, 7) is 5.75. The SMILES string of the molecule is CCN(C(=O)CN1CCC(C)C1CO)c1ccc(F)cc1. The van der Waals surface area contributed by atoms with Crippen LogP contribution < -0.4 is 4.90 Å². The first-order valence-corrected chi connectivity index (χ1v) is 7.47. The number of carbonyl (C=O) groups excluding carboxylic acids is 1. The molecular formula is C16H23FN2O2. The molecular weight excluding hydrogens is 271 g/mol. The first-order chi connectivity index (χ1) is 10.1. The molecule has 2 unspecified atom stereocenters. The van der Waals surface area contributed by atoms with Crippen molar-refractivity contribution in [1.29, 1.82) is 0 Å². The molecule has 1 aromatic rings. The molecule has 0 bridgehead atoms. The summed E-state index contributed by atoms with van der Waals surface area (Å²) < 4.78 is 13.0. The van der Waals surface area contributed by atoms with Crippen molar-refractivity contribution in [2.24, 2.45) is 5.92 Å². The van der Waals surface area contributed by atoms with Crippen LogP contribution in [-0.2, 0) is 4.79 Å². The number of anilines is 1. The van der Waals surface area contributed by atoms with Crippen molar-refractivity contribution in [1.82, 2.24) is 4.90 Å².